The van der Waals surface area contributed by atoms with Gasteiger partial charge < -0.3 is 11.5 Å². The lowest BCUT2D eigenvalue weighted by Crippen LogP contribution is -2.35. The fourth-order valence-corrected chi connectivity index (χ4v) is 1.62. The molecule has 0 aliphatic carbocycles. The van der Waals surface area contributed by atoms with Gasteiger partial charge in [-0.25, -0.2) is 0 Å². The third-order valence-corrected chi connectivity index (χ3v) is 2.26. The van der Waals surface area contributed by atoms with Crippen molar-refractivity contribution in [3.05, 3.63) is 29.3 Å². The van der Waals surface area contributed by atoms with E-state index >= 15 is 0 Å². The molecule has 3 nitrogen and oxygen atoms in total. The summed E-state index contributed by atoms with van der Waals surface area (Å²) in [6, 6.07) is 5.91. The van der Waals surface area contributed by atoms with Crippen LogP contribution in [-0.4, -0.2) is 6.54 Å². The van der Waals surface area contributed by atoms with Crippen LogP contribution in [0.5, 0.6) is 0 Å². The Balaban J connectivity index is 2.46. The highest BCUT2D eigenvalue weighted by Gasteiger charge is 2.14. The maximum Gasteiger partial charge on any atom is 0.0812 e. The molecule has 0 amide bonds. The van der Waals surface area contributed by atoms with E-state index < -0.39 is 0 Å². The molecule has 1 atom stereocenters. The van der Waals surface area contributed by atoms with Crippen LogP contribution in [0.1, 0.15) is 17.3 Å². The van der Waals surface area contributed by atoms with Crippen molar-refractivity contribution in [1.82, 2.24) is 5.32 Å². The Morgan fingerprint density at radius 1 is 1.42 bits per heavy atom. The second-order valence-electron chi connectivity index (χ2n) is 3.14. The normalized spacial score (nSPS) is 21.9. The van der Waals surface area contributed by atoms with E-state index in [1.807, 2.05) is 18.2 Å². The van der Waals surface area contributed by atoms with E-state index in [2.05, 4.69) is 5.32 Å². The van der Waals surface area contributed by atoms with E-state index in [0.29, 0.717) is 0 Å². The van der Waals surface area contributed by atoms with E-state index in [9.17, 15) is 0 Å². The van der Waals surface area contributed by atoms with Gasteiger partial charge in [-0.3, -0.25) is 5.32 Å². The zero-order valence-electron chi connectivity index (χ0n) is 6.88. The molecule has 1 unspecified atom stereocenters. The van der Waals surface area contributed by atoms with Crippen LogP contribution in [0.15, 0.2) is 18.2 Å². The highest BCUT2D eigenvalue weighted by Crippen LogP contribution is 2.21. The number of hydrogen-bond acceptors (Lipinski definition) is 3. The minimum atomic E-state index is -0.0191. The summed E-state index contributed by atoms with van der Waals surface area (Å²) < 4.78 is 0. The van der Waals surface area contributed by atoms with Gasteiger partial charge in [-0.05, 0) is 29.7 Å². The summed E-state index contributed by atoms with van der Waals surface area (Å²) in [6.07, 6.45) is 1.00. The first kappa shape index (κ1) is 7.58. The van der Waals surface area contributed by atoms with Crippen molar-refractivity contribution in [2.75, 3.05) is 12.3 Å². The number of nitrogens with one attached hydrogen (secondary N) is 1. The second-order valence-corrected chi connectivity index (χ2v) is 3.14. The van der Waals surface area contributed by atoms with Crippen molar-refractivity contribution < 1.29 is 0 Å². The van der Waals surface area contributed by atoms with Gasteiger partial charge in [0.15, 0.2) is 0 Å². The molecule has 0 aromatic heterocycles. The van der Waals surface area contributed by atoms with Crippen LogP contribution in [0.3, 0.4) is 0 Å². The summed E-state index contributed by atoms with van der Waals surface area (Å²) in [5.41, 5.74) is 14.8. The highest BCUT2D eigenvalue weighted by molar-refractivity contribution is 5.46. The average Bonchev–Trinajstić information content (AvgIpc) is 2.04. The van der Waals surface area contributed by atoms with E-state index in [1.165, 1.54) is 11.1 Å². The molecule has 0 saturated heterocycles. The van der Waals surface area contributed by atoms with Gasteiger partial charge >= 0.3 is 0 Å². The molecule has 3 heteroatoms. The maximum atomic E-state index is 5.84. The molecule has 2 rings (SSSR count). The first-order valence-corrected chi connectivity index (χ1v) is 4.14. The molecule has 0 fully saturated rings. The molecule has 12 heavy (non-hydrogen) atoms. The van der Waals surface area contributed by atoms with Crippen LogP contribution in [0.4, 0.5) is 5.69 Å². The lowest BCUT2D eigenvalue weighted by molar-refractivity contribution is 0.521. The van der Waals surface area contributed by atoms with Gasteiger partial charge in [0.1, 0.15) is 0 Å². The SMILES string of the molecule is Nc1ccc2c(c1)CCNC2N. The van der Waals surface area contributed by atoms with E-state index in [4.69, 9.17) is 11.5 Å². The molecule has 0 radical (unpaired) electrons. The molecular formula is C9H13N3. The van der Waals surface area contributed by atoms with Gasteiger partial charge in [-0.15, -0.1) is 0 Å². The quantitative estimate of drug-likeness (QED) is 0.484. The molecule has 0 saturated carbocycles. The zero-order valence-corrected chi connectivity index (χ0v) is 6.88. The van der Waals surface area contributed by atoms with Gasteiger partial charge in [0.05, 0.1) is 6.17 Å². The van der Waals surface area contributed by atoms with Gasteiger partial charge in [0.2, 0.25) is 0 Å². The maximum absolute atomic E-state index is 5.84. The number of nitrogen functional groups attached to an aromatic ring is 1. The Labute approximate surface area is 71.8 Å². The second kappa shape index (κ2) is 2.77. The van der Waals surface area contributed by atoms with Crippen LogP contribution in [-0.2, 0) is 6.42 Å². The molecule has 5 N–H and O–H groups in total. The van der Waals surface area contributed by atoms with E-state index in [0.717, 1.165) is 18.7 Å². The van der Waals surface area contributed by atoms with Gasteiger partial charge in [-0.1, -0.05) is 6.07 Å². The number of fused-ring (bicyclic) bond motifs is 1. The van der Waals surface area contributed by atoms with E-state index in [1.54, 1.807) is 0 Å². The highest BCUT2D eigenvalue weighted by atomic mass is 15.0. The fourth-order valence-electron chi connectivity index (χ4n) is 1.62. The average molecular weight is 163 g/mol. The van der Waals surface area contributed by atoms with Crippen molar-refractivity contribution in [1.29, 1.82) is 0 Å². The smallest absolute Gasteiger partial charge is 0.0812 e. The summed E-state index contributed by atoms with van der Waals surface area (Å²) in [4.78, 5) is 0. The summed E-state index contributed by atoms with van der Waals surface area (Å²) >= 11 is 0. The Morgan fingerprint density at radius 2 is 2.25 bits per heavy atom. The third kappa shape index (κ3) is 1.17. The molecule has 1 heterocycles. The summed E-state index contributed by atoms with van der Waals surface area (Å²) in [6.45, 7) is 0.942. The topological polar surface area (TPSA) is 64.1 Å². The fraction of sp³-hybridized carbons (Fsp3) is 0.333. The lowest BCUT2D eigenvalue weighted by atomic mass is 9.98. The lowest BCUT2D eigenvalue weighted by Gasteiger charge is -2.23. The molecular weight excluding hydrogens is 150 g/mol. The molecule has 1 aliphatic rings. The summed E-state index contributed by atoms with van der Waals surface area (Å²) in [5.74, 6) is 0. The predicted octanol–water partition coefficient (Wildman–Crippen LogP) is 0.372. The van der Waals surface area contributed by atoms with Crippen molar-refractivity contribution in [2.45, 2.75) is 12.6 Å². The minimum Gasteiger partial charge on any atom is -0.399 e. The standard InChI is InChI=1S/C9H13N3/c10-7-1-2-8-6(5-7)3-4-12-9(8)11/h1-2,5,9,12H,3-4,10-11H2. The summed E-state index contributed by atoms with van der Waals surface area (Å²) in [7, 11) is 0. The molecule has 0 spiro atoms. The number of anilines is 1. The monoisotopic (exact) mass is 163 g/mol. The van der Waals surface area contributed by atoms with Crippen molar-refractivity contribution in [3.63, 3.8) is 0 Å². The van der Waals surface area contributed by atoms with Crippen LogP contribution in [0, 0.1) is 0 Å². The van der Waals surface area contributed by atoms with Gasteiger partial charge in [0, 0.05) is 12.2 Å². The Bertz CT molecular complexity index is 296. The van der Waals surface area contributed by atoms with Crippen molar-refractivity contribution in [3.8, 4) is 0 Å². The third-order valence-electron chi connectivity index (χ3n) is 2.26. The largest absolute Gasteiger partial charge is 0.399 e. The minimum absolute atomic E-state index is 0.0191. The first-order chi connectivity index (χ1) is 5.77. The Hall–Kier alpha value is -1.06. The van der Waals surface area contributed by atoms with Gasteiger partial charge in [-0.2, -0.15) is 0 Å². The number of rotatable bonds is 0. The molecule has 0 bridgehead atoms. The van der Waals surface area contributed by atoms with Crippen LogP contribution in [0.25, 0.3) is 0 Å². The van der Waals surface area contributed by atoms with Crippen molar-refractivity contribution >= 4 is 5.69 Å². The Kier molecular flexibility index (Phi) is 1.75. The number of hydrogen-bond donors (Lipinski definition) is 3. The zero-order chi connectivity index (χ0) is 8.55. The van der Waals surface area contributed by atoms with Crippen LogP contribution >= 0.6 is 0 Å². The number of nitrogens with two attached hydrogens (primary N) is 2. The number of benzene rings is 1. The van der Waals surface area contributed by atoms with Crippen LogP contribution < -0.4 is 16.8 Å². The molecule has 1 aliphatic heterocycles. The van der Waals surface area contributed by atoms with E-state index in [-0.39, 0.29) is 6.17 Å². The van der Waals surface area contributed by atoms with Crippen molar-refractivity contribution in [2.24, 2.45) is 5.73 Å². The predicted molar refractivity (Wildman–Crippen MR) is 49.5 cm³/mol. The first-order valence-electron chi connectivity index (χ1n) is 4.14. The summed E-state index contributed by atoms with van der Waals surface area (Å²) in [5, 5.41) is 3.19. The Morgan fingerprint density at radius 3 is 3.08 bits per heavy atom. The molecule has 1 aromatic rings. The van der Waals surface area contributed by atoms with Gasteiger partial charge in [0.25, 0.3) is 0 Å². The molecule has 1 aromatic carbocycles. The van der Waals surface area contributed by atoms with Crippen LogP contribution in [0.2, 0.25) is 0 Å². The molecule has 64 valence electrons.